The lowest BCUT2D eigenvalue weighted by atomic mass is 10.1. The molecule has 2 amide bonds. The number of rotatable bonds is 8. The largest absolute Gasteiger partial charge is 0.484 e. The van der Waals surface area contributed by atoms with E-state index in [1.807, 2.05) is 31.2 Å². The minimum atomic E-state index is -0.165. The average molecular weight is 417 g/mol. The molecule has 2 aromatic carbocycles. The third kappa shape index (κ3) is 6.68. The van der Waals surface area contributed by atoms with Crippen LogP contribution in [0.4, 0.5) is 0 Å². The van der Waals surface area contributed by atoms with Gasteiger partial charge in [0.2, 0.25) is 0 Å². The van der Waals surface area contributed by atoms with Gasteiger partial charge in [-0.1, -0.05) is 29.3 Å². The van der Waals surface area contributed by atoms with E-state index in [4.69, 9.17) is 21.1 Å². The summed E-state index contributed by atoms with van der Waals surface area (Å²) in [6.45, 7) is 3.78. The summed E-state index contributed by atoms with van der Waals surface area (Å²) in [5.41, 5.74) is 1.14. The fraction of sp³-hybridized carbons (Fsp3) is 0.364. The smallest absolute Gasteiger partial charge is 0.260 e. The van der Waals surface area contributed by atoms with Crippen molar-refractivity contribution in [3.05, 3.63) is 59.1 Å². The van der Waals surface area contributed by atoms with E-state index in [2.05, 4.69) is 5.32 Å². The van der Waals surface area contributed by atoms with Crippen molar-refractivity contribution in [2.75, 3.05) is 32.8 Å². The molecular formula is C22H25ClN2O4. The van der Waals surface area contributed by atoms with Gasteiger partial charge in [0.1, 0.15) is 11.5 Å². The maximum Gasteiger partial charge on any atom is 0.260 e. The van der Waals surface area contributed by atoms with Crippen molar-refractivity contribution in [1.29, 1.82) is 0 Å². The lowest BCUT2D eigenvalue weighted by Crippen LogP contribution is -2.36. The molecule has 3 rings (SSSR count). The van der Waals surface area contributed by atoms with Gasteiger partial charge < -0.3 is 19.7 Å². The normalized spacial score (nSPS) is 15.8. The van der Waals surface area contributed by atoms with Crippen LogP contribution in [0.15, 0.2) is 48.5 Å². The van der Waals surface area contributed by atoms with Gasteiger partial charge in [-0.15, -0.1) is 0 Å². The Kier molecular flexibility index (Phi) is 7.36. The molecule has 1 fully saturated rings. The summed E-state index contributed by atoms with van der Waals surface area (Å²) in [5, 5.41) is 3.51. The first-order chi connectivity index (χ1) is 14.0. The van der Waals surface area contributed by atoms with Gasteiger partial charge in [-0.3, -0.25) is 9.59 Å². The van der Waals surface area contributed by atoms with E-state index in [0.29, 0.717) is 36.2 Å². The van der Waals surface area contributed by atoms with Crippen molar-refractivity contribution in [2.45, 2.75) is 13.3 Å². The Morgan fingerprint density at radius 2 is 1.66 bits per heavy atom. The van der Waals surface area contributed by atoms with Crippen molar-refractivity contribution in [3.8, 4) is 11.5 Å². The topological polar surface area (TPSA) is 67.9 Å². The molecule has 7 heteroatoms. The molecule has 1 unspecified atom stereocenters. The van der Waals surface area contributed by atoms with Crippen LogP contribution in [0.25, 0.3) is 0 Å². The standard InChI is InChI=1S/C22H25ClN2O4/c1-16-2-6-19(7-3-16)28-14-21(26)24-12-17-10-11-25(13-17)22(27)15-29-20-8-4-18(23)5-9-20/h2-9,17H,10-15H2,1H3,(H,24,26). The molecule has 0 aliphatic carbocycles. The molecule has 2 aromatic rings. The Bertz CT molecular complexity index is 824. The molecule has 1 heterocycles. The van der Waals surface area contributed by atoms with Crippen molar-refractivity contribution in [2.24, 2.45) is 5.92 Å². The number of amides is 2. The lowest BCUT2D eigenvalue weighted by Gasteiger charge is -2.17. The van der Waals surface area contributed by atoms with Crippen molar-refractivity contribution in [3.63, 3.8) is 0 Å². The summed E-state index contributed by atoms with van der Waals surface area (Å²) in [6.07, 6.45) is 0.853. The fourth-order valence-electron chi connectivity index (χ4n) is 3.09. The van der Waals surface area contributed by atoms with Crippen LogP contribution in [-0.2, 0) is 9.59 Å². The molecule has 1 saturated heterocycles. The molecular weight excluding hydrogens is 392 g/mol. The minimum absolute atomic E-state index is 0.00883. The second-order valence-electron chi connectivity index (χ2n) is 7.14. The Labute approximate surface area is 175 Å². The summed E-state index contributed by atoms with van der Waals surface area (Å²) >= 11 is 5.83. The third-order valence-electron chi connectivity index (χ3n) is 4.79. The highest BCUT2D eigenvalue weighted by atomic mass is 35.5. The molecule has 0 aromatic heterocycles. The molecule has 154 valence electrons. The quantitative estimate of drug-likeness (QED) is 0.718. The van der Waals surface area contributed by atoms with E-state index in [-0.39, 0.29) is 30.9 Å². The first-order valence-corrected chi connectivity index (χ1v) is 9.99. The molecule has 1 atom stereocenters. The highest BCUT2D eigenvalue weighted by molar-refractivity contribution is 6.30. The maximum atomic E-state index is 12.3. The number of nitrogens with one attached hydrogen (secondary N) is 1. The number of hydrogen-bond donors (Lipinski definition) is 1. The number of nitrogens with zero attached hydrogens (tertiary/aromatic N) is 1. The second-order valence-corrected chi connectivity index (χ2v) is 7.58. The van der Waals surface area contributed by atoms with E-state index in [1.54, 1.807) is 29.2 Å². The number of ether oxygens (including phenoxy) is 2. The van der Waals surface area contributed by atoms with Gasteiger partial charge in [0.25, 0.3) is 11.8 Å². The number of hydrogen-bond acceptors (Lipinski definition) is 4. The van der Waals surface area contributed by atoms with Gasteiger partial charge in [0, 0.05) is 24.7 Å². The first kappa shape index (κ1) is 21.0. The molecule has 0 saturated carbocycles. The monoisotopic (exact) mass is 416 g/mol. The molecule has 29 heavy (non-hydrogen) atoms. The predicted octanol–water partition coefficient (Wildman–Crippen LogP) is 3.07. The van der Waals surface area contributed by atoms with Crippen LogP contribution in [0.5, 0.6) is 11.5 Å². The fourth-order valence-corrected chi connectivity index (χ4v) is 3.21. The summed E-state index contributed by atoms with van der Waals surface area (Å²) in [6, 6.07) is 14.5. The molecule has 0 spiro atoms. The van der Waals surface area contributed by atoms with E-state index in [1.165, 1.54) is 0 Å². The summed E-state index contributed by atoms with van der Waals surface area (Å²) in [7, 11) is 0. The maximum absolute atomic E-state index is 12.3. The number of benzene rings is 2. The van der Waals surface area contributed by atoms with E-state index in [0.717, 1.165) is 12.0 Å². The molecule has 0 bridgehead atoms. The number of likely N-dealkylation sites (tertiary alicyclic amines) is 1. The highest BCUT2D eigenvalue weighted by Gasteiger charge is 2.26. The van der Waals surface area contributed by atoms with Gasteiger partial charge in [-0.05, 0) is 55.7 Å². The van der Waals surface area contributed by atoms with Crippen LogP contribution in [0.2, 0.25) is 5.02 Å². The highest BCUT2D eigenvalue weighted by Crippen LogP contribution is 2.18. The third-order valence-corrected chi connectivity index (χ3v) is 5.05. The van der Waals surface area contributed by atoms with Crippen molar-refractivity contribution < 1.29 is 19.1 Å². The summed E-state index contributed by atoms with van der Waals surface area (Å²) in [4.78, 5) is 26.1. The van der Waals surface area contributed by atoms with Crippen LogP contribution in [0, 0.1) is 12.8 Å². The number of carbonyl (C=O) groups excluding carboxylic acids is 2. The second kappa shape index (κ2) is 10.2. The summed E-state index contributed by atoms with van der Waals surface area (Å²) < 4.78 is 11.0. The van der Waals surface area contributed by atoms with Crippen molar-refractivity contribution >= 4 is 23.4 Å². The zero-order valence-corrected chi connectivity index (χ0v) is 17.2. The van der Waals surface area contributed by atoms with Gasteiger partial charge >= 0.3 is 0 Å². The van der Waals surface area contributed by atoms with Gasteiger partial charge in [0.05, 0.1) is 0 Å². The Hall–Kier alpha value is -2.73. The Balaban J connectivity index is 1.33. The van der Waals surface area contributed by atoms with Gasteiger partial charge in [-0.2, -0.15) is 0 Å². The zero-order chi connectivity index (χ0) is 20.6. The van der Waals surface area contributed by atoms with Crippen LogP contribution >= 0.6 is 11.6 Å². The Morgan fingerprint density at radius 3 is 2.34 bits per heavy atom. The first-order valence-electron chi connectivity index (χ1n) is 9.62. The molecule has 1 N–H and O–H groups in total. The number of carbonyl (C=O) groups is 2. The molecule has 0 radical (unpaired) electrons. The molecule has 1 aliphatic heterocycles. The van der Waals surface area contributed by atoms with E-state index in [9.17, 15) is 9.59 Å². The minimum Gasteiger partial charge on any atom is -0.484 e. The lowest BCUT2D eigenvalue weighted by molar-refractivity contribution is -0.132. The predicted molar refractivity (Wildman–Crippen MR) is 111 cm³/mol. The number of aryl methyl sites for hydroxylation is 1. The van der Waals surface area contributed by atoms with Gasteiger partial charge in [-0.25, -0.2) is 0 Å². The molecule has 1 aliphatic rings. The SMILES string of the molecule is Cc1ccc(OCC(=O)NCC2CCN(C(=O)COc3ccc(Cl)cc3)C2)cc1. The Morgan fingerprint density at radius 1 is 1.03 bits per heavy atom. The average Bonchev–Trinajstić information content (AvgIpc) is 3.20. The molecule has 6 nitrogen and oxygen atoms in total. The van der Waals surface area contributed by atoms with Crippen LogP contribution in [-0.4, -0.2) is 49.6 Å². The van der Waals surface area contributed by atoms with Crippen LogP contribution in [0.1, 0.15) is 12.0 Å². The van der Waals surface area contributed by atoms with E-state index >= 15 is 0 Å². The number of halogens is 1. The van der Waals surface area contributed by atoms with Crippen molar-refractivity contribution in [1.82, 2.24) is 10.2 Å². The zero-order valence-electron chi connectivity index (χ0n) is 16.4. The van der Waals surface area contributed by atoms with Crippen LogP contribution in [0.3, 0.4) is 0 Å². The van der Waals surface area contributed by atoms with E-state index < -0.39 is 0 Å². The van der Waals surface area contributed by atoms with Gasteiger partial charge in [0.15, 0.2) is 13.2 Å². The summed E-state index contributed by atoms with van der Waals surface area (Å²) in [5.74, 6) is 1.29. The van der Waals surface area contributed by atoms with Crippen LogP contribution < -0.4 is 14.8 Å².